The first-order valence-corrected chi connectivity index (χ1v) is 15.5. The van der Waals surface area contributed by atoms with Gasteiger partial charge in [0.05, 0.1) is 34.5 Å². The molecule has 3 aromatic rings. The molecule has 0 aromatic heterocycles. The number of benzene rings is 3. The van der Waals surface area contributed by atoms with Crippen LogP contribution >= 0.6 is 0 Å². The second kappa shape index (κ2) is 10.0. The Morgan fingerprint density at radius 2 is 1.45 bits per heavy atom. The number of carbonyl (C=O) groups is 4. The van der Waals surface area contributed by atoms with Crippen LogP contribution in [0.4, 0.5) is 11.4 Å². The van der Waals surface area contributed by atoms with Gasteiger partial charge in [-0.05, 0) is 92.5 Å². The van der Waals surface area contributed by atoms with Crippen LogP contribution in [0.3, 0.4) is 0 Å². The predicted molar refractivity (Wildman–Crippen MR) is 167 cm³/mol. The van der Waals surface area contributed by atoms with Crippen LogP contribution in [0.25, 0.3) is 0 Å². The molecular weight excluding hydrogens is 552 g/mol. The minimum atomic E-state index is -1.11. The number of hydrogen-bond donors (Lipinski definition) is 1. The number of nitrogens with zero attached hydrogens (tertiary/aromatic N) is 2. The average molecular weight is 589 g/mol. The smallest absolute Gasteiger partial charge is 0.241 e. The van der Waals surface area contributed by atoms with E-state index in [1.165, 1.54) is 9.80 Å². The number of aryl methyl sites for hydroxylation is 3. The number of allylic oxidation sites excluding steroid dienone is 2. The predicted octanol–water partition coefficient (Wildman–Crippen LogP) is 6.01. The molecule has 4 aliphatic rings. The first-order chi connectivity index (χ1) is 21.1. The summed E-state index contributed by atoms with van der Waals surface area (Å²) >= 11 is 0. The molecule has 7 heteroatoms. The second-order valence-electron chi connectivity index (χ2n) is 13.0. The Labute approximate surface area is 257 Å². The maximum Gasteiger partial charge on any atom is 0.241 e. The number of phenolic OH excluding ortho intramolecular Hbond substituents is 1. The van der Waals surface area contributed by atoms with E-state index < -0.39 is 29.1 Å². The fraction of sp³-hybridized carbons (Fsp3) is 0.351. The highest BCUT2D eigenvalue weighted by atomic mass is 16.3. The molecule has 44 heavy (non-hydrogen) atoms. The van der Waals surface area contributed by atoms with E-state index in [0.717, 1.165) is 23.1 Å². The number of para-hydroxylation sites is 1. The van der Waals surface area contributed by atoms with Crippen molar-refractivity contribution in [2.75, 3.05) is 9.80 Å². The highest BCUT2D eigenvalue weighted by molar-refractivity contribution is 6.25. The van der Waals surface area contributed by atoms with Crippen molar-refractivity contribution in [3.63, 3.8) is 0 Å². The van der Waals surface area contributed by atoms with Crippen LogP contribution in [0.15, 0.2) is 78.4 Å². The van der Waals surface area contributed by atoms with Gasteiger partial charge in [0, 0.05) is 5.92 Å². The lowest BCUT2D eigenvalue weighted by Gasteiger charge is -2.49. The molecule has 1 N–H and O–H groups in total. The summed E-state index contributed by atoms with van der Waals surface area (Å²) in [5, 5.41) is 10.6. The maximum atomic E-state index is 14.5. The van der Waals surface area contributed by atoms with Crippen molar-refractivity contribution < 1.29 is 24.3 Å². The molecular formula is C37H36N2O5. The summed E-state index contributed by atoms with van der Waals surface area (Å²) in [6.07, 6.45) is 3.62. The molecule has 0 spiro atoms. The van der Waals surface area contributed by atoms with E-state index in [9.17, 15) is 24.3 Å². The van der Waals surface area contributed by atoms with E-state index in [0.29, 0.717) is 35.3 Å². The first kappa shape index (κ1) is 28.3. The largest absolute Gasteiger partial charge is 0.507 e. The molecule has 1 saturated carbocycles. The fourth-order valence-corrected chi connectivity index (χ4v) is 8.51. The summed E-state index contributed by atoms with van der Waals surface area (Å²) in [6.45, 7) is 7.60. The zero-order valence-corrected chi connectivity index (χ0v) is 25.4. The van der Waals surface area contributed by atoms with Gasteiger partial charge in [0.2, 0.25) is 23.6 Å². The standard InChI is InChI=1S/C37H36N2O5/c1-5-22-11-13-25(14-12-22)38-33(41)27-16-15-26-28(30(27)35(38)43)19-29-34(42)39(24-9-7-6-8-10-24)36(44)37(29,4)31(26)23-17-20(2)32(40)21(3)18-23/h6-15,17-18,27-31,40H,5,16,19H2,1-4H3/t27-,28+,29-,30-,31-,37+/m0/s1. The summed E-state index contributed by atoms with van der Waals surface area (Å²) in [7, 11) is 0. The number of hydrogen-bond acceptors (Lipinski definition) is 5. The van der Waals surface area contributed by atoms with Gasteiger partial charge in [0.15, 0.2) is 0 Å². The van der Waals surface area contributed by atoms with Crippen LogP contribution in [-0.2, 0) is 25.6 Å². The first-order valence-electron chi connectivity index (χ1n) is 15.5. The molecule has 2 saturated heterocycles. The number of imide groups is 2. The number of phenols is 1. The SMILES string of the molecule is CCc1ccc(N2C(=O)[C@H]3[C@H](CC=C4[C@H]3C[C@H]3C(=O)N(c5ccccc5)C(=O)[C@@]3(C)[C@H]4c3cc(C)c(O)c(C)c3)C2=O)cc1. The number of carbonyl (C=O) groups excluding carboxylic acids is 4. The zero-order valence-electron chi connectivity index (χ0n) is 25.4. The van der Waals surface area contributed by atoms with Gasteiger partial charge < -0.3 is 5.11 Å². The lowest BCUT2D eigenvalue weighted by molar-refractivity contribution is -0.131. The molecule has 2 aliphatic heterocycles. The van der Waals surface area contributed by atoms with Gasteiger partial charge in [-0.1, -0.05) is 61.0 Å². The number of fused-ring (bicyclic) bond motifs is 4. The van der Waals surface area contributed by atoms with Crippen LogP contribution < -0.4 is 9.80 Å². The van der Waals surface area contributed by atoms with E-state index in [1.54, 1.807) is 12.1 Å². The average Bonchev–Trinajstić information content (AvgIpc) is 3.39. The third kappa shape index (κ3) is 3.81. The molecule has 3 aromatic carbocycles. The van der Waals surface area contributed by atoms with Crippen LogP contribution in [0, 0.1) is 42.9 Å². The Hall–Kier alpha value is -4.52. The minimum Gasteiger partial charge on any atom is -0.507 e. The van der Waals surface area contributed by atoms with Crippen LogP contribution in [0.5, 0.6) is 5.75 Å². The number of amides is 4. The highest BCUT2D eigenvalue weighted by Crippen LogP contribution is 2.64. The van der Waals surface area contributed by atoms with Crippen molar-refractivity contribution in [1.82, 2.24) is 0 Å². The fourth-order valence-electron chi connectivity index (χ4n) is 8.51. The van der Waals surface area contributed by atoms with Gasteiger partial charge >= 0.3 is 0 Å². The van der Waals surface area contributed by atoms with Crippen LogP contribution in [-0.4, -0.2) is 28.7 Å². The van der Waals surface area contributed by atoms with Gasteiger partial charge in [-0.3, -0.25) is 24.1 Å². The highest BCUT2D eigenvalue weighted by Gasteiger charge is 2.67. The molecule has 4 amide bonds. The van der Waals surface area contributed by atoms with Crippen molar-refractivity contribution in [1.29, 1.82) is 0 Å². The summed E-state index contributed by atoms with van der Waals surface area (Å²) < 4.78 is 0. The normalized spacial score (nSPS) is 29.5. The second-order valence-corrected chi connectivity index (χ2v) is 13.0. The molecule has 7 rings (SSSR count). The Morgan fingerprint density at radius 3 is 2.09 bits per heavy atom. The van der Waals surface area contributed by atoms with Crippen molar-refractivity contribution in [3.8, 4) is 5.75 Å². The van der Waals surface area contributed by atoms with Gasteiger partial charge in [-0.25, -0.2) is 4.90 Å². The number of anilines is 2. The van der Waals surface area contributed by atoms with Crippen molar-refractivity contribution in [3.05, 3.63) is 101 Å². The van der Waals surface area contributed by atoms with Gasteiger partial charge in [-0.2, -0.15) is 0 Å². The monoisotopic (exact) mass is 588 g/mol. The summed E-state index contributed by atoms with van der Waals surface area (Å²) in [5.41, 5.74) is 4.24. The molecule has 224 valence electrons. The number of aromatic hydroxyl groups is 1. The molecule has 0 bridgehead atoms. The Morgan fingerprint density at radius 1 is 0.818 bits per heavy atom. The van der Waals surface area contributed by atoms with E-state index >= 15 is 0 Å². The lowest BCUT2D eigenvalue weighted by atomic mass is 9.51. The molecule has 7 nitrogen and oxygen atoms in total. The third-order valence-corrected chi connectivity index (χ3v) is 10.7. The molecule has 3 fully saturated rings. The molecule has 6 atom stereocenters. The molecule has 0 unspecified atom stereocenters. The summed E-state index contributed by atoms with van der Waals surface area (Å²) in [4.78, 5) is 59.5. The lowest BCUT2D eigenvalue weighted by Crippen LogP contribution is -2.49. The van der Waals surface area contributed by atoms with Gasteiger partial charge in [0.25, 0.3) is 0 Å². The Balaban J connectivity index is 1.37. The quantitative estimate of drug-likeness (QED) is 0.298. The van der Waals surface area contributed by atoms with Crippen molar-refractivity contribution >= 4 is 35.0 Å². The third-order valence-electron chi connectivity index (χ3n) is 10.7. The van der Waals surface area contributed by atoms with E-state index in [4.69, 9.17) is 0 Å². The molecule has 0 radical (unpaired) electrons. The summed E-state index contributed by atoms with van der Waals surface area (Å²) in [5.74, 6) is -3.49. The number of rotatable bonds is 4. The van der Waals surface area contributed by atoms with Gasteiger partial charge in [0.1, 0.15) is 5.75 Å². The molecule has 2 heterocycles. The maximum absolute atomic E-state index is 14.5. The topological polar surface area (TPSA) is 95.0 Å². The minimum absolute atomic E-state index is 0.196. The van der Waals surface area contributed by atoms with Crippen molar-refractivity contribution in [2.45, 2.75) is 52.9 Å². The molecule has 2 aliphatic carbocycles. The Bertz CT molecular complexity index is 1740. The summed E-state index contributed by atoms with van der Waals surface area (Å²) in [6, 6.07) is 20.3. The van der Waals surface area contributed by atoms with Crippen LogP contribution in [0.2, 0.25) is 0 Å². The van der Waals surface area contributed by atoms with E-state index in [1.807, 2.05) is 75.4 Å². The van der Waals surface area contributed by atoms with E-state index in [-0.39, 0.29) is 35.3 Å². The van der Waals surface area contributed by atoms with Crippen molar-refractivity contribution in [2.24, 2.45) is 29.1 Å². The van der Waals surface area contributed by atoms with Gasteiger partial charge in [-0.15, -0.1) is 0 Å². The Kier molecular flexibility index (Phi) is 6.43. The van der Waals surface area contributed by atoms with Crippen LogP contribution in [0.1, 0.15) is 54.9 Å². The van der Waals surface area contributed by atoms with E-state index in [2.05, 4.69) is 13.0 Å². The zero-order chi connectivity index (χ0) is 31.1.